The minimum absolute atomic E-state index is 0.00468. The van der Waals surface area contributed by atoms with Crippen LogP contribution in [0.3, 0.4) is 0 Å². The van der Waals surface area contributed by atoms with Gasteiger partial charge in [-0.2, -0.15) is 0 Å². The van der Waals surface area contributed by atoms with Crippen LogP contribution in [0.4, 0.5) is 5.69 Å². The molecule has 0 aliphatic carbocycles. The summed E-state index contributed by atoms with van der Waals surface area (Å²) in [7, 11) is -1.21. The van der Waals surface area contributed by atoms with Gasteiger partial charge < -0.3 is 10.6 Å². The number of rotatable bonds is 6. The minimum Gasteiger partial charge on any atom is -0.384 e. The van der Waals surface area contributed by atoms with Crippen LogP contribution in [0.5, 0.6) is 0 Å². The van der Waals surface area contributed by atoms with Gasteiger partial charge in [-0.05, 0) is 26.0 Å². The van der Waals surface area contributed by atoms with Crippen molar-refractivity contribution in [1.29, 1.82) is 5.41 Å². The number of benzene rings is 1. The van der Waals surface area contributed by atoms with Gasteiger partial charge in [-0.25, -0.2) is 8.42 Å². The Morgan fingerprint density at radius 1 is 1.42 bits per heavy atom. The van der Waals surface area contributed by atoms with Crippen molar-refractivity contribution >= 4 is 21.4 Å². The Kier molecular flexibility index (Phi) is 4.94. The predicted octanol–water partition coefficient (Wildman–Crippen LogP) is 1.23. The molecule has 1 aromatic rings. The van der Waals surface area contributed by atoms with E-state index in [1.54, 1.807) is 32.0 Å². The molecule has 1 rings (SSSR count). The monoisotopic (exact) mass is 283 g/mol. The molecule has 0 aromatic heterocycles. The molecule has 0 fully saturated rings. The van der Waals surface area contributed by atoms with Crippen LogP contribution in [0.25, 0.3) is 0 Å². The molecule has 0 spiro atoms. The average molecular weight is 283 g/mol. The number of anilines is 1. The second-order valence-electron chi connectivity index (χ2n) is 4.80. The van der Waals surface area contributed by atoms with Crippen molar-refractivity contribution in [3.05, 3.63) is 29.8 Å². The smallest absolute Gasteiger partial charge is 0.154 e. The molecule has 3 N–H and O–H groups in total. The third-order valence-electron chi connectivity index (χ3n) is 3.03. The first-order chi connectivity index (χ1) is 8.74. The topological polar surface area (TPSA) is 87.2 Å². The maximum Gasteiger partial charge on any atom is 0.154 e. The van der Waals surface area contributed by atoms with Crippen molar-refractivity contribution in [2.45, 2.75) is 19.1 Å². The average Bonchev–Trinajstić information content (AvgIpc) is 2.36. The Bertz CT molecular complexity index is 553. The van der Waals surface area contributed by atoms with Gasteiger partial charge in [0.25, 0.3) is 0 Å². The fraction of sp³-hybridized carbons (Fsp3) is 0.462. The van der Waals surface area contributed by atoms with E-state index in [-0.39, 0.29) is 16.8 Å². The van der Waals surface area contributed by atoms with Crippen LogP contribution < -0.4 is 10.6 Å². The molecular formula is C13H21N3O2S. The normalized spacial score (nSPS) is 11.6. The molecule has 0 aliphatic rings. The fourth-order valence-corrected chi connectivity index (χ4v) is 2.54. The fourth-order valence-electron chi connectivity index (χ4n) is 1.54. The second-order valence-corrected chi connectivity index (χ2v) is 7.48. The number of nitrogens with two attached hydrogens (primary N) is 1. The third-order valence-corrected chi connectivity index (χ3v) is 5.22. The van der Waals surface area contributed by atoms with Crippen molar-refractivity contribution in [2.75, 3.05) is 24.2 Å². The SMILES string of the molecule is CC(C)S(=O)(=O)CCN(C)c1cccc(C(=N)N)c1. The molecule has 0 aliphatic heterocycles. The van der Waals surface area contributed by atoms with Crippen LogP contribution in [-0.2, 0) is 9.84 Å². The van der Waals surface area contributed by atoms with Gasteiger partial charge in [-0.1, -0.05) is 12.1 Å². The Hall–Kier alpha value is -1.56. The zero-order valence-corrected chi connectivity index (χ0v) is 12.4. The van der Waals surface area contributed by atoms with E-state index in [2.05, 4.69) is 0 Å². The van der Waals surface area contributed by atoms with Gasteiger partial charge in [-0.3, -0.25) is 5.41 Å². The van der Waals surface area contributed by atoms with Crippen LogP contribution >= 0.6 is 0 Å². The van der Waals surface area contributed by atoms with Gasteiger partial charge in [0.1, 0.15) is 5.84 Å². The van der Waals surface area contributed by atoms with Crippen molar-refractivity contribution in [1.82, 2.24) is 0 Å². The van der Waals surface area contributed by atoms with Gasteiger partial charge in [0.05, 0.1) is 11.0 Å². The maximum absolute atomic E-state index is 11.8. The van der Waals surface area contributed by atoms with Crippen LogP contribution in [0, 0.1) is 5.41 Å². The maximum atomic E-state index is 11.8. The Morgan fingerprint density at radius 2 is 2.05 bits per heavy atom. The van der Waals surface area contributed by atoms with Crippen molar-refractivity contribution in [3.63, 3.8) is 0 Å². The summed E-state index contributed by atoms with van der Waals surface area (Å²) in [4.78, 5) is 1.85. The summed E-state index contributed by atoms with van der Waals surface area (Å²) in [6.07, 6.45) is 0. The summed E-state index contributed by atoms with van der Waals surface area (Å²) in [5, 5.41) is 7.04. The molecule has 0 saturated heterocycles. The number of hydrogen-bond acceptors (Lipinski definition) is 4. The largest absolute Gasteiger partial charge is 0.384 e. The highest BCUT2D eigenvalue weighted by atomic mass is 32.2. The lowest BCUT2D eigenvalue weighted by Gasteiger charge is -2.20. The number of hydrogen-bond donors (Lipinski definition) is 2. The lowest BCUT2D eigenvalue weighted by Crippen LogP contribution is -2.29. The van der Waals surface area contributed by atoms with Crippen LogP contribution in [0.2, 0.25) is 0 Å². The minimum atomic E-state index is -3.04. The van der Waals surface area contributed by atoms with E-state index in [1.807, 2.05) is 18.0 Å². The van der Waals surface area contributed by atoms with Crippen LogP contribution in [0.1, 0.15) is 19.4 Å². The summed E-state index contributed by atoms with van der Waals surface area (Å²) in [5.74, 6) is 0.121. The van der Waals surface area contributed by atoms with Gasteiger partial charge in [-0.15, -0.1) is 0 Å². The molecule has 106 valence electrons. The van der Waals surface area contributed by atoms with Gasteiger partial charge >= 0.3 is 0 Å². The van der Waals surface area contributed by atoms with Gasteiger partial charge in [0, 0.05) is 24.8 Å². The molecule has 0 unspecified atom stereocenters. The summed E-state index contributed by atoms with van der Waals surface area (Å²) in [5.41, 5.74) is 6.92. The third kappa shape index (κ3) is 4.24. The molecule has 6 heteroatoms. The quantitative estimate of drug-likeness (QED) is 0.607. The van der Waals surface area contributed by atoms with Crippen molar-refractivity contribution < 1.29 is 8.42 Å². The Balaban J connectivity index is 2.76. The van der Waals surface area contributed by atoms with E-state index in [1.165, 1.54) is 0 Å². The van der Waals surface area contributed by atoms with Crippen LogP contribution in [0.15, 0.2) is 24.3 Å². The van der Waals surface area contributed by atoms with Crippen molar-refractivity contribution in [3.8, 4) is 0 Å². The molecular weight excluding hydrogens is 262 g/mol. The van der Waals surface area contributed by atoms with Crippen molar-refractivity contribution in [2.24, 2.45) is 5.73 Å². The number of amidine groups is 1. The number of nitrogens with zero attached hydrogens (tertiary/aromatic N) is 1. The first-order valence-electron chi connectivity index (χ1n) is 6.11. The van der Waals surface area contributed by atoms with Crippen LogP contribution in [-0.4, -0.2) is 38.8 Å². The summed E-state index contributed by atoms with van der Waals surface area (Å²) in [6, 6.07) is 7.21. The van der Waals surface area contributed by atoms with E-state index >= 15 is 0 Å². The molecule has 19 heavy (non-hydrogen) atoms. The molecule has 1 aromatic carbocycles. The summed E-state index contributed by atoms with van der Waals surface area (Å²) < 4.78 is 23.5. The summed E-state index contributed by atoms with van der Waals surface area (Å²) in [6.45, 7) is 3.79. The molecule has 0 atom stereocenters. The Morgan fingerprint density at radius 3 is 2.58 bits per heavy atom. The first-order valence-corrected chi connectivity index (χ1v) is 7.82. The van der Waals surface area contributed by atoms with Gasteiger partial charge in [0.2, 0.25) is 0 Å². The lowest BCUT2D eigenvalue weighted by molar-refractivity contribution is 0.586. The number of sulfone groups is 1. The van der Waals surface area contributed by atoms with E-state index in [4.69, 9.17) is 11.1 Å². The number of nitrogens with one attached hydrogen (secondary N) is 1. The molecule has 5 nitrogen and oxygen atoms in total. The van der Waals surface area contributed by atoms with E-state index in [9.17, 15) is 8.42 Å². The lowest BCUT2D eigenvalue weighted by atomic mass is 10.2. The molecule has 0 amide bonds. The highest BCUT2D eigenvalue weighted by molar-refractivity contribution is 7.92. The predicted molar refractivity (Wildman–Crippen MR) is 79.7 cm³/mol. The zero-order valence-electron chi connectivity index (χ0n) is 11.6. The standard InChI is InChI=1S/C13H21N3O2S/c1-10(2)19(17,18)8-7-16(3)12-6-4-5-11(9-12)13(14)15/h4-6,9-10H,7-8H2,1-3H3,(H3,14,15). The molecule has 0 radical (unpaired) electrons. The molecule has 0 heterocycles. The second kappa shape index (κ2) is 6.06. The Labute approximate surface area is 114 Å². The first kappa shape index (κ1) is 15.5. The summed E-state index contributed by atoms with van der Waals surface area (Å²) >= 11 is 0. The highest BCUT2D eigenvalue weighted by Crippen LogP contribution is 2.15. The van der Waals surface area contributed by atoms with Gasteiger partial charge in [0.15, 0.2) is 9.84 Å². The van der Waals surface area contributed by atoms with E-state index in [0.717, 1.165) is 5.69 Å². The zero-order chi connectivity index (χ0) is 14.6. The molecule has 0 bridgehead atoms. The van der Waals surface area contributed by atoms with E-state index < -0.39 is 9.84 Å². The molecule has 0 saturated carbocycles. The van der Waals surface area contributed by atoms with E-state index in [0.29, 0.717) is 12.1 Å². The highest BCUT2D eigenvalue weighted by Gasteiger charge is 2.16. The number of nitrogen functional groups attached to an aromatic ring is 1.